The molecule has 9 nitrogen and oxygen atoms in total. The second kappa shape index (κ2) is 10.1. The van der Waals surface area contributed by atoms with Gasteiger partial charge in [0.2, 0.25) is 0 Å². The lowest BCUT2D eigenvalue weighted by Gasteiger charge is -2.29. The Morgan fingerprint density at radius 2 is 1.71 bits per heavy atom. The fraction of sp³-hybridized carbons (Fsp3) is 0.360. The maximum atomic E-state index is 13.5. The Morgan fingerprint density at radius 3 is 2.32 bits per heavy atom. The molecule has 1 aliphatic rings. The van der Waals surface area contributed by atoms with E-state index in [1.54, 1.807) is 33.3 Å². The third-order valence-electron chi connectivity index (χ3n) is 5.90. The zero-order chi connectivity index (χ0) is 24.2. The first-order valence-corrected chi connectivity index (χ1v) is 11.0. The zero-order valence-corrected chi connectivity index (χ0v) is 20.0. The number of nitrogens with zero attached hydrogens (tertiary/aromatic N) is 2. The Bertz CT molecular complexity index is 1140. The van der Waals surface area contributed by atoms with E-state index in [9.17, 15) is 4.79 Å². The summed E-state index contributed by atoms with van der Waals surface area (Å²) >= 11 is 0. The van der Waals surface area contributed by atoms with E-state index in [-0.39, 0.29) is 12.5 Å². The molecule has 34 heavy (non-hydrogen) atoms. The van der Waals surface area contributed by atoms with E-state index in [1.807, 2.05) is 49.4 Å². The van der Waals surface area contributed by atoms with Crippen LogP contribution in [0.5, 0.6) is 17.2 Å². The van der Waals surface area contributed by atoms with E-state index in [0.717, 1.165) is 22.4 Å². The second-order valence-corrected chi connectivity index (χ2v) is 7.69. The highest BCUT2D eigenvalue weighted by Gasteiger charge is 2.43. The summed E-state index contributed by atoms with van der Waals surface area (Å²) in [6.07, 6.45) is -0.573. The van der Waals surface area contributed by atoms with Gasteiger partial charge in [-0.25, -0.2) is 0 Å². The molecule has 9 heteroatoms. The van der Waals surface area contributed by atoms with E-state index >= 15 is 0 Å². The fourth-order valence-electron chi connectivity index (χ4n) is 4.25. The van der Waals surface area contributed by atoms with E-state index in [2.05, 4.69) is 10.2 Å². The summed E-state index contributed by atoms with van der Waals surface area (Å²) in [6, 6.07) is 12.9. The SMILES string of the molecule is CCOc1ccc(C2c3c(-c4ccc(OC)c(OC)c4)n[nH]c3C(=O)N2CC(OC)OC)cc1. The number of hydrogen-bond donors (Lipinski definition) is 1. The summed E-state index contributed by atoms with van der Waals surface area (Å²) in [6.45, 7) is 2.76. The number of methoxy groups -OCH3 is 4. The maximum absolute atomic E-state index is 13.5. The van der Waals surface area contributed by atoms with Crippen LogP contribution in [0, 0.1) is 0 Å². The van der Waals surface area contributed by atoms with Crippen molar-refractivity contribution in [2.75, 3.05) is 41.6 Å². The molecule has 1 N–H and O–H groups in total. The van der Waals surface area contributed by atoms with Gasteiger partial charge in [-0.1, -0.05) is 12.1 Å². The average molecular weight is 468 g/mol. The highest BCUT2D eigenvalue weighted by atomic mass is 16.7. The van der Waals surface area contributed by atoms with Gasteiger partial charge in [0.25, 0.3) is 5.91 Å². The van der Waals surface area contributed by atoms with Gasteiger partial charge in [0.1, 0.15) is 11.4 Å². The summed E-state index contributed by atoms with van der Waals surface area (Å²) in [5.41, 5.74) is 3.61. The molecule has 3 aromatic rings. The van der Waals surface area contributed by atoms with Crippen molar-refractivity contribution in [2.24, 2.45) is 0 Å². The Kier molecular flexibility index (Phi) is 7.04. The summed E-state index contributed by atoms with van der Waals surface area (Å²) < 4.78 is 27.2. The Labute approximate surface area is 198 Å². The van der Waals surface area contributed by atoms with Crippen LogP contribution in [0.25, 0.3) is 11.3 Å². The average Bonchev–Trinajstić information content (AvgIpc) is 3.41. The number of rotatable bonds is 10. The second-order valence-electron chi connectivity index (χ2n) is 7.69. The maximum Gasteiger partial charge on any atom is 0.273 e. The van der Waals surface area contributed by atoms with Crippen LogP contribution >= 0.6 is 0 Å². The van der Waals surface area contributed by atoms with Crippen LogP contribution in [-0.2, 0) is 9.47 Å². The van der Waals surface area contributed by atoms with Crippen molar-refractivity contribution in [1.82, 2.24) is 15.1 Å². The number of ether oxygens (including phenoxy) is 5. The van der Waals surface area contributed by atoms with Crippen molar-refractivity contribution >= 4 is 5.91 Å². The standard InChI is InChI=1S/C25H29N3O6/c1-6-34-17-10-7-15(8-11-17)24-21-22(16-9-12-18(30-2)19(13-16)31-3)26-27-23(21)25(29)28(24)14-20(32-4)33-5/h7-13,20,24H,6,14H2,1-5H3,(H,26,27). The van der Waals surface area contributed by atoms with Gasteiger partial charge >= 0.3 is 0 Å². The van der Waals surface area contributed by atoms with Crippen molar-refractivity contribution < 1.29 is 28.5 Å². The van der Waals surface area contributed by atoms with Crippen molar-refractivity contribution in [3.8, 4) is 28.5 Å². The smallest absolute Gasteiger partial charge is 0.273 e. The largest absolute Gasteiger partial charge is 0.494 e. The van der Waals surface area contributed by atoms with Gasteiger partial charge in [-0.15, -0.1) is 0 Å². The van der Waals surface area contributed by atoms with E-state index in [1.165, 1.54) is 0 Å². The Hall–Kier alpha value is -3.56. The molecule has 0 radical (unpaired) electrons. The number of H-pyrrole nitrogens is 1. The lowest BCUT2D eigenvalue weighted by molar-refractivity contribution is -0.113. The molecule has 0 fully saturated rings. The van der Waals surface area contributed by atoms with E-state index in [4.69, 9.17) is 23.7 Å². The number of benzene rings is 2. The predicted molar refractivity (Wildman–Crippen MR) is 125 cm³/mol. The molecular formula is C25H29N3O6. The van der Waals surface area contributed by atoms with Crippen molar-refractivity contribution in [1.29, 1.82) is 0 Å². The predicted octanol–water partition coefficient (Wildman–Crippen LogP) is 3.66. The fourth-order valence-corrected chi connectivity index (χ4v) is 4.25. The van der Waals surface area contributed by atoms with Gasteiger partial charge in [0.05, 0.1) is 39.1 Å². The summed E-state index contributed by atoms with van der Waals surface area (Å²) in [4.78, 5) is 15.2. The molecule has 180 valence electrons. The molecule has 1 amide bonds. The molecule has 0 bridgehead atoms. The van der Waals surface area contributed by atoms with Crippen LogP contribution in [0.15, 0.2) is 42.5 Å². The molecule has 1 unspecified atom stereocenters. The molecule has 1 aromatic heterocycles. The Balaban J connectivity index is 1.82. The molecule has 4 rings (SSSR count). The number of aromatic nitrogens is 2. The molecule has 0 saturated carbocycles. The molecular weight excluding hydrogens is 438 g/mol. The quantitative estimate of drug-likeness (QED) is 0.455. The van der Waals surface area contributed by atoms with Gasteiger partial charge < -0.3 is 28.6 Å². The normalized spacial score (nSPS) is 15.1. The van der Waals surface area contributed by atoms with Crippen LogP contribution in [0.3, 0.4) is 0 Å². The lowest BCUT2D eigenvalue weighted by atomic mass is 9.96. The monoisotopic (exact) mass is 467 g/mol. The minimum Gasteiger partial charge on any atom is -0.494 e. The topological polar surface area (TPSA) is 95.1 Å². The molecule has 1 aliphatic heterocycles. The Morgan fingerprint density at radius 1 is 1.00 bits per heavy atom. The molecule has 2 heterocycles. The van der Waals surface area contributed by atoms with Crippen molar-refractivity contribution in [3.05, 3.63) is 59.3 Å². The van der Waals surface area contributed by atoms with Gasteiger partial charge in [-0.3, -0.25) is 9.89 Å². The lowest BCUT2D eigenvalue weighted by Crippen LogP contribution is -2.38. The van der Waals surface area contributed by atoms with E-state index < -0.39 is 12.3 Å². The highest BCUT2D eigenvalue weighted by Crippen LogP contribution is 2.44. The molecule has 2 aromatic carbocycles. The molecule has 0 aliphatic carbocycles. The van der Waals surface area contributed by atoms with Crippen LogP contribution in [0.2, 0.25) is 0 Å². The summed E-state index contributed by atoms with van der Waals surface area (Å²) in [5, 5.41) is 7.46. The van der Waals surface area contributed by atoms with Gasteiger partial charge in [0, 0.05) is 25.3 Å². The zero-order valence-electron chi connectivity index (χ0n) is 20.0. The summed E-state index contributed by atoms with van der Waals surface area (Å²) in [7, 11) is 6.28. The number of carbonyl (C=O) groups excluding carboxylic acids is 1. The number of carbonyl (C=O) groups is 1. The molecule has 0 spiro atoms. The van der Waals surface area contributed by atoms with Gasteiger partial charge in [-0.2, -0.15) is 5.10 Å². The first kappa shape index (κ1) is 23.6. The number of nitrogens with one attached hydrogen (secondary N) is 1. The molecule has 1 atom stereocenters. The van der Waals surface area contributed by atoms with Crippen LogP contribution in [0.4, 0.5) is 0 Å². The molecule has 0 saturated heterocycles. The van der Waals surface area contributed by atoms with Crippen molar-refractivity contribution in [3.63, 3.8) is 0 Å². The van der Waals surface area contributed by atoms with Crippen LogP contribution in [0.1, 0.15) is 34.6 Å². The van der Waals surface area contributed by atoms with E-state index in [0.29, 0.717) is 29.5 Å². The number of fused-ring (bicyclic) bond motifs is 1. The summed E-state index contributed by atoms with van der Waals surface area (Å²) in [5.74, 6) is 1.78. The number of amides is 1. The minimum absolute atomic E-state index is 0.174. The van der Waals surface area contributed by atoms with Crippen molar-refractivity contribution in [2.45, 2.75) is 19.3 Å². The van der Waals surface area contributed by atoms with Crippen LogP contribution < -0.4 is 14.2 Å². The van der Waals surface area contributed by atoms with Crippen LogP contribution in [-0.4, -0.2) is 68.9 Å². The first-order chi connectivity index (χ1) is 16.6. The first-order valence-electron chi connectivity index (χ1n) is 11.0. The van der Waals surface area contributed by atoms with Gasteiger partial charge in [0.15, 0.2) is 17.8 Å². The minimum atomic E-state index is -0.573. The number of aromatic amines is 1. The van der Waals surface area contributed by atoms with Gasteiger partial charge in [-0.05, 0) is 42.8 Å². The third kappa shape index (κ3) is 4.20. The highest BCUT2D eigenvalue weighted by molar-refractivity contribution is 6.00. The number of hydrogen-bond acceptors (Lipinski definition) is 7. The third-order valence-corrected chi connectivity index (χ3v) is 5.90.